The number of hydrazone groups is 1. The van der Waals surface area contributed by atoms with E-state index in [2.05, 4.69) is 20.7 Å². The van der Waals surface area contributed by atoms with Crippen molar-refractivity contribution >= 4 is 17.8 Å². The van der Waals surface area contributed by atoms with E-state index in [0.29, 0.717) is 25.3 Å². The lowest BCUT2D eigenvalue weighted by Gasteiger charge is -2.23. The molecular weight excluding hydrogens is 274 g/mol. The van der Waals surface area contributed by atoms with Crippen molar-refractivity contribution in [2.75, 3.05) is 20.1 Å². The Balaban J connectivity index is 1.61. The number of amides is 3. The molecule has 3 amide bonds. The molecule has 1 unspecified atom stereocenters. The number of urea groups is 1. The van der Waals surface area contributed by atoms with Crippen LogP contribution in [0.2, 0.25) is 0 Å². The number of amidine groups is 1. The number of aromatic nitrogens is 2. The van der Waals surface area contributed by atoms with Crippen LogP contribution in [0.3, 0.4) is 0 Å². The lowest BCUT2D eigenvalue weighted by molar-refractivity contribution is -0.133. The smallest absolute Gasteiger partial charge is 0.319 e. The molecule has 0 aliphatic carbocycles. The van der Waals surface area contributed by atoms with Gasteiger partial charge in [0.1, 0.15) is 18.5 Å². The Morgan fingerprint density at radius 3 is 3.00 bits per heavy atom. The molecule has 0 bridgehead atoms. The molecule has 3 heterocycles. The Hall–Kier alpha value is -2.58. The molecule has 1 saturated heterocycles. The van der Waals surface area contributed by atoms with Crippen LogP contribution in [0.5, 0.6) is 0 Å². The van der Waals surface area contributed by atoms with E-state index in [0.717, 1.165) is 0 Å². The van der Waals surface area contributed by atoms with E-state index in [9.17, 15) is 9.59 Å². The molecule has 1 fully saturated rings. The molecule has 0 radical (unpaired) electrons. The highest BCUT2D eigenvalue weighted by molar-refractivity contribution is 5.98. The fourth-order valence-electron chi connectivity index (χ4n) is 2.56. The van der Waals surface area contributed by atoms with Gasteiger partial charge in [-0.3, -0.25) is 15.1 Å². The van der Waals surface area contributed by atoms with Gasteiger partial charge >= 0.3 is 6.03 Å². The van der Waals surface area contributed by atoms with Gasteiger partial charge in [0.25, 0.3) is 0 Å². The first-order chi connectivity index (χ1) is 10.2. The minimum absolute atomic E-state index is 0.0249. The topological polar surface area (TPSA) is 94.9 Å². The van der Waals surface area contributed by atoms with Crippen molar-refractivity contribution in [3.8, 4) is 0 Å². The van der Waals surface area contributed by atoms with Crippen LogP contribution >= 0.6 is 0 Å². The number of carbonyl (C=O) groups is 2. The van der Waals surface area contributed by atoms with Gasteiger partial charge in [-0.25, -0.2) is 9.78 Å². The van der Waals surface area contributed by atoms with Crippen LogP contribution in [0.1, 0.15) is 6.42 Å². The summed E-state index contributed by atoms with van der Waals surface area (Å²) < 4.78 is 1.74. The summed E-state index contributed by atoms with van der Waals surface area (Å²) in [6.07, 6.45) is 5.45. The summed E-state index contributed by atoms with van der Waals surface area (Å²) in [7, 11) is 1.55. The van der Waals surface area contributed by atoms with Crippen LogP contribution in [0.25, 0.3) is 0 Å². The summed E-state index contributed by atoms with van der Waals surface area (Å²) in [5.41, 5.74) is 0. The molecule has 112 valence electrons. The number of fused-ring (bicyclic) bond motifs is 1. The van der Waals surface area contributed by atoms with Crippen molar-refractivity contribution < 1.29 is 9.59 Å². The van der Waals surface area contributed by atoms with Crippen LogP contribution in [0.15, 0.2) is 23.8 Å². The Morgan fingerprint density at radius 1 is 1.43 bits per heavy atom. The summed E-state index contributed by atoms with van der Waals surface area (Å²) in [5.74, 6) is 0.608. The molecular formula is C12H17N7O2. The van der Waals surface area contributed by atoms with Gasteiger partial charge in [0, 0.05) is 32.4 Å². The number of carbonyl (C=O) groups excluding carboxylic acids is 2. The van der Waals surface area contributed by atoms with Crippen molar-refractivity contribution in [3.05, 3.63) is 18.7 Å². The maximum absolute atomic E-state index is 12.3. The molecule has 9 nitrogen and oxygen atoms in total. The first-order valence-corrected chi connectivity index (χ1v) is 6.75. The number of hydrogen-bond acceptors (Lipinski definition) is 5. The van der Waals surface area contributed by atoms with Crippen molar-refractivity contribution in [3.63, 3.8) is 0 Å². The fraction of sp³-hybridized carbons (Fsp3) is 0.500. The maximum Gasteiger partial charge on any atom is 0.319 e. The van der Waals surface area contributed by atoms with Gasteiger partial charge in [-0.05, 0) is 0 Å². The second-order valence-corrected chi connectivity index (χ2v) is 4.92. The second-order valence-electron chi connectivity index (χ2n) is 4.92. The summed E-state index contributed by atoms with van der Waals surface area (Å²) in [6.45, 7) is 1.59. The van der Waals surface area contributed by atoms with Crippen LogP contribution < -0.4 is 10.6 Å². The number of rotatable bonds is 2. The largest absolute Gasteiger partial charge is 0.341 e. The highest BCUT2D eigenvalue weighted by atomic mass is 16.2. The number of imidazole rings is 1. The maximum atomic E-state index is 12.3. The lowest BCUT2D eigenvalue weighted by Crippen LogP contribution is -2.42. The minimum Gasteiger partial charge on any atom is -0.341 e. The van der Waals surface area contributed by atoms with Crippen LogP contribution in [-0.2, 0) is 11.3 Å². The highest BCUT2D eigenvalue weighted by Gasteiger charge is 2.39. The zero-order chi connectivity index (χ0) is 14.8. The van der Waals surface area contributed by atoms with E-state index in [1.54, 1.807) is 35.2 Å². The number of nitrogens with one attached hydrogen (secondary N) is 2. The molecule has 1 aromatic heterocycles. The third-order valence-electron chi connectivity index (χ3n) is 3.58. The molecule has 3 rings (SSSR count). The molecule has 0 aromatic carbocycles. The average molecular weight is 291 g/mol. The van der Waals surface area contributed by atoms with E-state index in [1.807, 2.05) is 5.01 Å². The number of hydrogen-bond donors (Lipinski definition) is 2. The molecule has 0 spiro atoms. The summed E-state index contributed by atoms with van der Waals surface area (Å²) in [5, 5.41) is 11.3. The quantitative estimate of drug-likeness (QED) is 0.730. The Morgan fingerprint density at radius 2 is 2.29 bits per heavy atom. The van der Waals surface area contributed by atoms with Crippen LogP contribution in [-0.4, -0.2) is 63.5 Å². The first kappa shape index (κ1) is 13.4. The standard InChI is InChI=1S/C12H17N7O2/c1-13-12(21)15-9-6-10-18(4-5-19(10)16-9)11(20)7-17-3-2-14-8-17/h2-3,8,10H,4-7H2,1H3,(H2,13,15,16,21). The second kappa shape index (κ2) is 5.43. The third kappa shape index (κ3) is 2.67. The molecule has 1 atom stereocenters. The van der Waals surface area contributed by atoms with Gasteiger partial charge < -0.3 is 14.8 Å². The first-order valence-electron chi connectivity index (χ1n) is 6.75. The van der Waals surface area contributed by atoms with Crippen molar-refractivity contribution in [1.29, 1.82) is 0 Å². The van der Waals surface area contributed by atoms with E-state index in [-0.39, 0.29) is 24.6 Å². The predicted octanol–water partition coefficient (Wildman–Crippen LogP) is -1.00. The number of nitrogens with zero attached hydrogens (tertiary/aromatic N) is 5. The van der Waals surface area contributed by atoms with E-state index in [4.69, 9.17) is 0 Å². The van der Waals surface area contributed by atoms with Gasteiger partial charge in [0.05, 0.1) is 12.9 Å². The lowest BCUT2D eigenvalue weighted by atomic mass is 10.3. The van der Waals surface area contributed by atoms with Gasteiger partial charge in [-0.2, -0.15) is 5.10 Å². The van der Waals surface area contributed by atoms with Crippen LogP contribution in [0, 0.1) is 0 Å². The molecule has 9 heteroatoms. The van der Waals surface area contributed by atoms with Crippen LogP contribution in [0.4, 0.5) is 4.79 Å². The van der Waals surface area contributed by atoms with Crippen molar-refractivity contribution in [2.24, 2.45) is 5.10 Å². The minimum atomic E-state index is -0.300. The zero-order valence-electron chi connectivity index (χ0n) is 11.7. The van der Waals surface area contributed by atoms with Gasteiger partial charge in [0.15, 0.2) is 0 Å². The zero-order valence-corrected chi connectivity index (χ0v) is 11.7. The highest BCUT2D eigenvalue weighted by Crippen LogP contribution is 2.24. The van der Waals surface area contributed by atoms with E-state index in [1.165, 1.54) is 0 Å². The van der Waals surface area contributed by atoms with Gasteiger partial charge in [-0.1, -0.05) is 0 Å². The molecule has 0 saturated carbocycles. The van der Waals surface area contributed by atoms with Gasteiger partial charge in [0.2, 0.25) is 5.91 Å². The van der Waals surface area contributed by atoms with Crippen molar-refractivity contribution in [2.45, 2.75) is 19.1 Å². The van der Waals surface area contributed by atoms with Gasteiger partial charge in [-0.15, -0.1) is 0 Å². The Bertz CT molecular complexity index is 568. The summed E-state index contributed by atoms with van der Waals surface area (Å²) in [6, 6.07) is -0.300. The SMILES string of the molecule is CNC(=O)NC1=NN2CCN(C(=O)Cn3ccnc3)C2C1. The molecule has 2 N–H and O–H groups in total. The third-order valence-corrected chi connectivity index (χ3v) is 3.58. The van der Waals surface area contributed by atoms with Crippen molar-refractivity contribution in [1.82, 2.24) is 30.1 Å². The summed E-state index contributed by atoms with van der Waals surface area (Å²) >= 11 is 0. The van der Waals surface area contributed by atoms with E-state index < -0.39 is 0 Å². The molecule has 2 aliphatic heterocycles. The normalized spacial score (nSPS) is 20.2. The average Bonchev–Trinajstić information content (AvgIpc) is 3.14. The monoisotopic (exact) mass is 291 g/mol. The molecule has 2 aliphatic rings. The Labute approximate surface area is 121 Å². The predicted molar refractivity (Wildman–Crippen MR) is 74.1 cm³/mol. The van der Waals surface area contributed by atoms with E-state index >= 15 is 0 Å². The molecule has 21 heavy (non-hydrogen) atoms. The Kier molecular flexibility index (Phi) is 3.46. The summed E-state index contributed by atoms with van der Waals surface area (Å²) in [4.78, 5) is 29.4. The molecule has 1 aromatic rings. The fourth-order valence-corrected chi connectivity index (χ4v) is 2.56.